The van der Waals surface area contributed by atoms with Gasteiger partial charge in [0, 0.05) is 24.2 Å². The number of aryl methyl sites for hydroxylation is 2. The van der Waals surface area contributed by atoms with Crippen molar-refractivity contribution in [1.82, 2.24) is 24.6 Å². The lowest BCUT2D eigenvalue weighted by Gasteiger charge is -2.32. The molecule has 0 radical (unpaired) electrons. The summed E-state index contributed by atoms with van der Waals surface area (Å²) in [5, 5.41) is 8.67. The van der Waals surface area contributed by atoms with Crippen molar-refractivity contribution in [3.05, 3.63) is 22.8 Å². The molecule has 2 aliphatic rings. The molecule has 3 N–H and O–H groups in total. The number of aromatic nitrogens is 4. The number of ether oxygens (including phenoxy) is 1. The highest BCUT2D eigenvalue weighted by Crippen LogP contribution is 2.48. The molecule has 3 aromatic heterocycles. The van der Waals surface area contributed by atoms with Gasteiger partial charge in [-0.15, -0.1) is 11.3 Å². The topological polar surface area (TPSA) is 94.1 Å². The highest BCUT2D eigenvalue weighted by molar-refractivity contribution is 7.19. The predicted octanol–water partition coefficient (Wildman–Crippen LogP) is 3.80. The molecule has 1 fully saturated rings. The summed E-state index contributed by atoms with van der Waals surface area (Å²) in [7, 11) is 6.24. The molecule has 0 aromatic carbocycles. The Hall–Kier alpha value is -2.23. The van der Waals surface area contributed by atoms with E-state index in [-0.39, 0.29) is 6.10 Å². The van der Waals surface area contributed by atoms with E-state index in [1.165, 1.54) is 10.4 Å². The van der Waals surface area contributed by atoms with Crippen LogP contribution >= 0.6 is 11.3 Å². The Labute approximate surface area is 193 Å². The largest absolute Gasteiger partial charge is 0.474 e. The molecule has 32 heavy (non-hydrogen) atoms. The van der Waals surface area contributed by atoms with Crippen molar-refractivity contribution >= 4 is 33.2 Å². The van der Waals surface area contributed by atoms with E-state index < -0.39 is 0 Å². The van der Waals surface area contributed by atoms with E-state index in [0.717, 1.165) is 66.7 Å². The molecule has 9 heteroatoms. The highest BCUT2D eigenvalue weighted by atomic mass is 32.1. The van der Waals surface area contributed by atoms with Crippen LogP contribution in [0.3, 0.4) is 0 Å². The summed E-state index contributed by atoms with van der Waals surface area (Å²) in [5.74, 6) is 1.78. The van der Waals surface area contributed by atoms with Crippen molar-refractivity contribution in [1.29, 1.82) is 0 Å². The lowest BCUT2D eigenvalue weighted by molar-refractivity contribution is 0.109. The van der Waals surface area contributed by atoms with Crippen LogP contribution in [-0.2, 0) is 13.5 Å². The average molecular weight is 456 g/mol. The van der Waals surface area contributed by atoms with Crippen molar-refractivity contribution in [2.75, 3.05) is 26.0 Å². The normalized spacial score (nSPS) is 23.1. The van der Waals surface area contributed by atoms with E-state index in [1.54, 1.807) is 22.2 Å². The third-order valence-electron chi connectivity index (χ3n) is 6.89. The molecular weight excluding hydrogens is 422 g/mol. The summed E-state index contributed by atoms with van der Waals surface area (Å²) in [6, 6.07) is 0.641. The summed E-state index contributed by atoms with van der Waals surface area (Å²) in [6.07, 6.45) is 11.6. The lowest BCUT2D eigenvalue weighted by Crippen LogP contribution is -2.35. The van der Waals surface area contributed by atoms with Crippen molar-refractivity contribution < 1.29 is 4.74 Å². The van der Waals surface area contributed by atoms with E-state index in [2.05, 4.69) is 29.4 Å². The van der Waals surface area contributed by atoms with E-state index in [9.17, 15) is 0 Å². The van der Waals surface area contributed by atoms with E-state index in [0.29, 0.717) is 24.5 Å². The fourth-order valence-corrected chi connectivity index (χ4v) is 6.45. The van der Waals surface area contributed by atoms with Gasteiger partial charge in [-0.25, -0.2) is 4.98 Å². The molecule has 5 rings (SSSR count). The lowest BCUT2D eigenvalue weighted by atomic mass is 9.92. The molecule has 1 atom stereocenters. The van der Waals surface area contributed by atoms with Gasteiger partial charge in [0.25, 0.3) is 0 Å². The van der Waals surface area contributed by atoms with Gasteiger partial charge in [0.15, 0.2) is 0 Å². The van der Waals surface area contributed by atoms with Crippen LogP contribution in [0, 0.1) is 0 Å². The standard InChI is InChI=1S/C23H33N7OS/c1-29(2)16-5-7-17(8-6-16)31-21-20-19-14(10-11-24)4-9-18(19)32-22(20)28-23(27-21)26-15-12-25-30(3)13-15/h12-14,16-17H,4-11,24H2,1-3H3,(H,26,27,28)/t14?,16-,17-. The summed E-state index contributed by atoms with van der Waals surface area (Å²) in [5.41, 5.74) is 8.19. The number of hydrogen-bond donors (Lipinski definition) is 2. The summed E-state index contributed by atoms with van der Waals surface area (Å²) in [6.45, 7) is 0.702. The Morgan fingerprint density at radius 3 is 2.72 bits per heavy atom. The minimum atomic E-state index is 0.195. The van der Waals surface area contributed by atoms with E-state index in [4.69, 9.17) is 20.4 Å². The molecule has 0 aliphatic heterocycles. The number of anilines is 2. The minimum absolute atomic E-state index is 0.195. The van der Waals surface area contributed by atoms with Gasteiger partial charge in [-0.2, -0.15) is 10.1 Å². The van der Waals surface area contributed by atoms with Gasteiger partial charge in [0.2, 0.25) is 11.8 Å². The van der Waals surface area contributed by atoms with Crippen molar-refractivity contribution in [3.8, 4) is 5.88 Å². The molecule has 8 nitrogen and oxygen atoms in total. The van der Waals surface area contributed by atoms with Gasteiger partial charge in [0.1, 0.15) is 10.9 Å². The maximum Gasteiger partial charge on any atom is 0.232 e. The molecule has 1 saturated carbocycles. The first-order valence-electron chi connectivity index (χ1n) is 11.6. The van der Waals surface area contributed by atoms with Crippen molar-refractivity contribution in [3.63, 3.8) is 0 Å². The van der Waals surface area contributed by atoms with Gasteiger partial charge in [-0.05, 0) is 77.1 Å². The van der Waals surface area contributed by atoms with E-state index in [1.807, 2.05) is 13.2 Å². The first-order chi connectivity index (χ1) is 15.5. The average Bonchev–Trinajstić information content (AvgIpc) is 3.45. The van der Waals surface area contributed by atoms with Gasteiger partial charge < -0.3 is 20.7 Å². The van der Waals surface area contributed by atoms with Crippen LogP contribution in [0.1, 0.15) is 54.9 Å². The van der Waals surface area contributed by atoms with E-state index >= 15 is 0 Å². The van der Waals surface area contributed by atoms with Crippen molar-refractivity contribution in [2.45, 2.75) is 63.0 Å². The second-order valence-electron chi connectivity index (χ2n) is 9.32. The molecule has 2 aliphatic carbocycles. The van der Waals surface area contributed by atoms with Crippen LogP contribution in [0.25, 0.3) is 10.2 Å². The van der Waals surface area contributed by atoms with Crippen LogP contribution in [0.15, 0.2) is 12.4 Å². The number of hydrogen-bond acceptors (Lipinski definition) is 8. The smallest absolute Gasteiger partial charge is 0.232 e. The Morgan fingerprint density at radius 2 is 2.03 bits per heavy atom. The first kappa shape index (κ1) is 21.6. The van der Waals surface area contributed by atoms with Gasteiger partial charge in [0.05, 0.1) is 17.3 Å². The summed E-state index contributed by atoms with van der Waals surface area (Å²) in [4.78, 5) is 14.5. The number of rotatable bonds is 7. The van der Waals surface area contributed by atoms with Crippen LogP contribution in [-0.4, -0.2) is 57.4 Å². The number of nitrogens with two attached hydrogens (primary N) is 1. The minimum Gasteiger partial charge on any atom is -0.474 e. The quantitative estimate of drug-likeness (QED) is 0.560. The molecule has 3 aromatic rings. The van der Waals surface area contributed by atoms with Crippen LogP contribution < -0.4 is 15.8 Å². The third-order valence-corrected chi connectivity index (χ3v) is 8.05. The molecule has 1 unspecified atom stereocenters. The van der Waals surface area contributed by atoms with Gasteiger partial charge >= 0.3 is 0 Å². The van der Waals surface area contributed by atoms with Crippen LogP contribution in [0.5, 0.6) is 5.88 Å². The second kappa shape index (κ2) is 8.96. The fraction of sp³-hybridized carbons (Fsp3) is 0.609. The summed E-state index contributed by atoms with van der Waals surface area (Å²) >= 11 is 1.79. The number of thiophene rings is 1. The maximum atomic E-state index is 6.64. The molecule has 0 bridgehead atoms. The Balaban J connectivity index is 1.49. The second-order valence-corrected chi connectivity index (χ2v) is 10.4. The fourth-order valence-electron chi connectivity index (χ4n) is 5.19. The molecule has 0 amide bonds. The number of nitrogens with one attached hydrogen (secondary N) is 1. The molecular formula is C23H33N7OS. The predicted molar refractivity (Wildman–Crippen MR) is 129 cm³/mol. The molecule has 3 heterocycles. The number of nitrogens with zero attached hydrogens (tertiary/aromatic N) is 5. The highest BCUT2D eigenvalue weighted by Gasteiger charge is 2.32. The van der Waals surface area contributed by atoms with Gasteiger partial charge in [-0.1, -0.05) is 0 Å². The first-order valence-corrected chi connectivity index (χ1v) is 12.5. The van der Waals surface area contributed by atoms with Gasteiger partial charge in [-0.3, -0.25) is 4.68 Å². The summed E-state index contributed by atoms with van der Waals surface area (Å²) < 4.78 is 8.40. The molecule has 0 saturated heterocycles. The van der Waals surface area contributed by atoms with Crippen LogP contribution in [0.2, 0.25) is 0 Å². The van der Waals surface area contributed by atoms with Crippen LogP contribution in [0.4, 0.5) is 11.6 Å². The zero-order valence-electron chi connectivity index (χ0n) is 19.2. The zero-order valence-corrected chi connectivity index (χ0v) is 20.0. The van der Waals surface area contributed by atoms with Crippen molar-refractivity contribution in [2.24, 2.45) is 12.8 Å². The SMILES string of the molecule is Cn1cc(Nc2nc(O[C@H]3CC[C@H](N(C)C)CC3)c3c4c(sc3n2)CCC4CCN)cn1. The monoisotopic (exact) mass is 455 g/mol. The Bertz CT molecular complexity index is 1080. The maximum absolute atomic E-state index is 6.64. The Kier molecular flexibility index (Phi) is 6.05. The third kappa shape index (κ3) is 4.21. The number of fused-ring (bicyclic) bond motifs is 3. The Morgan fingerprint density at radius 1 is 1.22 bits per heavy atom. The molecule has 172 valence electrons. The molecule has 0 spiro atoms. The zero-order chi connectivity index (χ0) is 22.2.